The molecule has 5 rings (SSSR count). The number of hydroxylamine groups is 1. The Balaban J connectivity index is 1.59. The Morgan fingerprint density at radius 2 is 1.58 bits per heavy atom. The molecule has 0 N–H and O–H groups in total. The number of nitro groups is 1. The molecule has 0 radical (unpaired) electrons. The van der Waals surface area contributed by atoms with Crippen molar-refractivity contribution in [3.63, 3.8) is 0 Å². The van der Waals surface area contributed by atoms with E-state index in [0.717, 1.165) is 32.1 Å². The highest BCUT2D eigenvalue weighted by molar-refractivity contribution is 6.08. The number of hydrogen-bond donors (Lipinski definition) is 0. The molecule has 2 aromatic rings. The first-order valence-corrected chi connectivity index (χ1v) is 10.7. The Kier molecular flexibility index (Phi) is 4.94. The number of imide groups is 1. The Morgan fingerprint density at radius 1 is 0.903 bits per heavy atom. The molecule has 160 valence electrons. The summed E-state index contributed by atoms with van der Waals surface area (Å²) in [5.41, 5.74) is 0.925. The average Bonchev–Trinajstić information content (AvgIpc) is 3.31. The van der Waals surface area contributed by atoms with Crippen LogP contribution in [0.3, 0.4) is 0 Å². The number of benzene rings is 2. The van der Waals surface area contributed by atoms with Crippen LogP contribution in [0.15, 0.2) is 54.6 Å². The second kappa shape index (κ2) is 7.77. The van der Waals surface area contributed by atoms with Crippen LogP contribution in [0.25, 0.3) is 0 Å². The number of anilines is 1. The molecule has 0 bridgehead atoms. The highest BCUT2D eigenvalue weighted by atomic mass is 16.7. The number of nitro benzene ring substituents is 1. The first kappa shape index (κ1) is 19.7. The summed E-state index contributed by atoms with van der Waals surface area (Å²) in [4.78, 5) is 45.6. The van der Waals surface area contributed by atoms with Crippen LogP contribution in [-0.4, -0.2) is 33.8 Å². The molecular weight excluding hydrogens is 398 g/mol. The summed E-state index contributed by atoms with van der Waals surface area (Å²) < 4.78 is 0. The van der Waals surface area contributed by atoms with Gasteiger partial charge in [0.05, 0.1) is 16.2 Å². The molecule has 2 aromatic carbocycles. The Morgan fingerprint density at radius 3 is 2.29 bits per heavy atom. The normalized spacial score (nSPS) is 26.4. The standard InChI is InChI=1S/C23H23N3O5/c27-22-19-20(17-13-7-8-14-18(17)26(29)30)25(16-11-5-2-6-12-16)31-21(19)23(28)24(22)15-9-3-1-4-10-15/h2,5-8,11-15,19-21H,1,3-4,9-10H2/t19-,20+,21+/m0/s1. The molecule has 2 amide bonds. The molecule has 0 unspecified atom stereocenters. The minimum Gasteiger partial charge on any atom is -0.277 e. The van der Waals surface area contributed by atoms with Crippen LogP contribution < -0.4 is 5.06 Å². The van der Waals surface area contributed by atoms with Crippen LogP contribution in [0.5, 0.6) is 0 Å². The minimum atomic E-state index is -0.973. The molecule has 2 heterocycles. The van der Waals surface area contributed by atoms with Crippen LogP contribution in [0.1, 0.15) is 43.7 Å². The molecule has 3 aliphatic rings. The summed E-state index contributed by atoms with van der Waals surface area (Å²) in [5, 5.41) is 13.3. The van der Waals surface area contributed by atoms with Crippen molar-refractivity contribution in [1.29, 1.82) is 0 Å². The van der Waals surface area contributed by atoms with Crippen molar-refractivity contribution >= 4 is 23.2 Å². The van der Waals surface area contributed by atoms with Gasteiger partial charge in [0.1, 0.15) is 12.0 Å². The molecule has 0 spiro atoms. The molecule has 31 heavy (non-hydrogen) atoms. The maximum Gasteiger partial charge on any atom is 0.274 e. The molecule has 1 saturated carbocycles. The van der Waals surface area contributed by atoms with E-state index in [4.69, 9.17) is 4.84 Å². The van der Waals surface area contributed by atoms with Gasteiger partial charge in [-0.2, -0.15) is 0 Å². The smallest absolute Gasteiger partial charge is 0.274 e. The highest BCUT2D eigenvalue weighted by Crippen LogP contribution is 2.49. The van der Waals surface area contributed by atoms with Gasteiger partial charge < -0.3 is 0 Å². The summed E-state index contributed by atoms with van der Waals surface area (Å²) in [6, 6.07) is 14.6. The van der Waals surface area contributed by atoms with Gasteiger partial charge >= 0.3 is 0 Å². The van der Waals surface area contributed by atoms with Crippen molar-refractivity contribution in [1.82, 2.24) is 4.90 Å². The van der Waals surface area contributed by atoms with Crippen molar-refractivity contribution in [3.05, 3.63) is 70.3 Å². The number of amides is 2. The molecule has 3 fully saturated rings. The van der Waals surface area contributed by atoms with Crippen molar-refractivity contribution in [3.8, 4) is 0 Å². The highest BCUT2D eigenvalue weighted by Gasteiger charge is 2.61. The third kappa shape index (κ3) is 3.18. The van der Waals surface area contributed by atoms with Gasteiger partial charge in [0, 0.05) is 12.1 Å². The predicted octanol–water partition coefficient (Wildman–Crippen LogP) is 3.77. The van der Waals surface area contributed by atoms with Crippen LogP contribution in [-0.2, 0) is 14.4 Å². The number of nitrogens with zero attached hydrogens (tertiary/aromatic N) is 3. The Bertz CT molecular complexity index is 1020. The fourth-order valence-electron chi connectivity index (χ4n) is 5.15. The summed E-state index contributed by atoms with van der Waals surface area (Å²) >= 11 is 0. The number of hydrogen-bond acceptors (Lipinski definition) is 6. The van der Waals surface area contributed by atoms with Crippen LogP contribution in [0.4, 0.5) is 11.4 Å². The molecular formula is C23H23N3O5. The van der Waals surface area contributed by atoms with Gasteiger partial charge in [0.15, 0.2) is 6.10 Å². The fraction of sp³-hybridized carbons (Fsp3) is 0.391. The minimum absolute atomic E-state index is 0.0888. The van der Waals surface area contributed by atoms with Crippen molar-refractivity contribution in [2.75, 3.05) is 5.06 Å². The second-order valence-electron chi connectivity index (χ2n) is 8.31. The lowest BCUT2D eigenvalue weighted by Gasteiger charge is -2.33. The van der Waals surface area contributed by atoms with Crippen LogP contribution in [0, 0.1) is 16.0 Å². The van der Waals surface area contributed by atoms with Gasteiger partial charge in [0.2, 0.25) is 5.91 Å². The summed E-state index contributed by atoms with van der Waals surface area (Å²) in [7, 11) is 0. The molecule has 1 aliphatic carbocycles. The Hall–Kier alpha value is -3.26. The van der Waals surface area contributed by atoms with Crippen molar-refractivity contribution in [2.24, 2.45) is 5.92 Å². The van der Waals surface area contributed by atoms with E-state index in [2.05, 4.69) is 0 Å². The van der Waals surface area contributed by atoms with E-state index in [9.17, 15) is 19.7 Å². The zero-order valence-electron chi connectivity index (χ0n) is 16.9. The quantitative estimate of drug-likeness (QED) is 0.424. The van der Waals surface area contributed by atoms with Crippen LogP contribution in [0.2, 0.25) is 0 Å². The third-order valence-corrected chi connectivity index (χ3v) is 6.55. The number of likely N-dealkylation sites (tertiary alicyclic amines) is 1. The van der Waals surface area contributed by atoms with Crippen molar-refractivity contribution in [2.45, 2.75) is 50.3 Å². The monoisotopic (exact) mass is 421 g/mol. The molecule has 8 heteroatoms. The lowest BCUT2D eigenvalue weighted by atomic mass is 9.89. The molecule has 2 saturated heterocycles. The fourth-order valence-corrected chi connectivity index (χ4v) is 5.15. The summed E-state index contributed by atoms with van der Waals surface area (Å²) in [6.07, 6.45) is 3.71. The maximum atomic E-state index is 13.6. The van der Waals surface area contributed by atoms with E-state index in [-0.39, 0.29) is 23.5 Å². The largest absolute Gasteiger partial charge is 0.277 e. The van der Waals surface area contributed by atoms with Gasteiger partial charge in [0.25, 0.3) is 11.6 Å². The Labute approximate surface area is 179 Å². The zero-order valence-corrected chi connectivity index (χ0v) is 16.9. The first-order chi connectivity index (χ1) is 15.1. The van der Waals surface area contributed by atoms with Gasteiger partial charge in [-0.3, -0.25) is 29.4 Å². The molecule has 8 nitrogen and oxygen atoms in total. The van der Waals surface area contributed by atoms with E-state index in [0.29, 0.717) is 11.3 Å². The lowest BCUT2D eigenvalue weighted by molar-refractivity contribution is -0.385. The van der Waals surface area contributed by atoms with Gasteiger partial charge in [-0.25, -0.2) is 5.06 Å². The summed E-state index contributed by atoms with van der Waals surface area (Å²) in [6.45, 7) is 0. The lowest BCUT2D eigenvalue weighted by Crippen LogP contribution is -2.44. The summed E-state index contributed by atoms with van der Waals surface area (Å²) in [5.74, 6) is -1.44. The average molecular weight is 421 g/mol. The zero-order chi connectivity index (χ0) is 21.5. The van der Waals surface area contributed by atoms with E-state index >= 15 is 0 Å². The SMILES string of the molecule is O=C1[C@H]2[C@@H](c3ccccc3[N+](=O)[O-])N(c3ccccc3)O[C@H]2C(=O)N1C1CCCCC1. The third-order valence-electron chi connectivity index (χ3n) is 6.55. The molecule has 2 aliphatic heterocycles. The first-order valence-electron chi connectivity index (χ1n) is 10.7. The van der Waals surface area contributed by atoms with Gasteiger partial charge in [-0.15, -0.1) is 0 Å². The number of carbonyl (C=O) groups excluding carboxylic acids is 2. The number of rotatable bonds is 4. The van der Waals surface area contributed by atoms with E-state index < -0.39 is 23.0 Å². The predicted molar refractivity (Wildman–Crippen MR) is 112 cm³/mol. The number of carbonyl (C=O) groups is 2. The maximum absolute atomic E-state index is 13.6. The van der Waals surface area contributed by atoms with Crippen LogP contribution >= 0.6 is 0 Å². The number of para-hydroxylation sites is 2. The second-order valence-corrected chi connectivity index (χ2v) is 8.31. The molecule has 3 atom stereocenters. The molecule has 0 aromatic heterocycles. The van der Waals surface area contributed by atoms with Gasteiger partial charge in [-0.1, -0.05) is 49.6 Å². The number of fused-ring (bicyclic) bond motifs is 1. The topological polar surface area (TPSA) is 93.0 Å². The van der Waals surface area contributed by atoms with Crippen molar-refractivity contribution < 1.29 is 19.3 Å². The van der Waals surface area contributed by atoms with E-state index in [1.807, 2.05) is 18.2 Å². The van der Waals surface area contributed by atoms with E-state index in [1.165, 1.54) is 16.0 Å². The van der Waals surface area contributed by atoms with E-state index in [1.54, 1.807) is 30.3 Å². The van der Waals surface area contributed by atoms with Gasteiger partial charge in [-0.05, 0) is 31.0 Å².